The molecule has 27 heavy (non-hydrogen) atoms. The summed E-state index contributed by atoms with van der Waals surface area (Å²) in [5, 5.41) is 7.19. The van der Waals surface area contributed by atoms with Gasteiger partial charge in [0.1, 0.15) is 13.2 Å². The molecule has 1 heterocycles. The Morgan fingerprint density at radius 3 is 2.56 bits per heavy atom. The maximum atomic E-state index is 12.1. The van der Waals surface area contributed by atoms with Crippen LogP contribution in [0.4, 0.5) is 0 Å². The van der Waals surface area contributed by atoms with Crippen LogP contribution in [-0.4, -0.2) is 28.2 Å². The molecule has 0 fully saturated rings. The highest BCUT2D eigenvalue weighted by molar-refractivity contribution is 5.82. The standard InChI is InChI=1S/C21H29N3O3/c1-15(2)13-24-17(4)19(16(3)23-24)10-11-20(25)22-12-21(26)27-14-18-8-6-5-7-9-18/h5-9,15H,10-14H2,1-4H3,(H,22,25). The fourth-order valence-electron chi connectivity index (χ4n) is 2.91. The Morgan fingerprint density at radius 2 is 1.89 bits per heavy atom. The number of aromatic nitrogens is 2. The van der Waals surface area contributed by atoms with Crippen molar-refractivity contribution in [2.45, 2.75) is 53.7 Å². The van der Waals surface area contributed by atoms with Crippen LogP contribution in [0.3, 0.4) is 0 Å². The summed E-state index contributed by atoms with van der Waals surface area (Å²) in [7, 11) is 0. The van der Waals surface area contributed by atoms with Gasteiger partial charge < -0.3 is 10.1 Å². The van der Waals surface area contributed by atoms with Crippen molar-refractivity contribution in [3.05, 3.63) is 52.8 Å². The monoisotopic (exact) mass is 371 g/mol. The highest BCUT2D eigenvalue weighted by atomic mass is 16.5. The molecular formula is C21H29N3O3. The van der Waals surface area contributed by atoms with Gasteiger partial charge in [-0.3, -0.25) is 14.3 Å². The Bertz CT molecular complexity index is 766. The summed E-state index contributed by atoms with van der Waals surface area (Å²) in [6, 6.07) is 9.45. The molecule has 0 spiro atoms. The number of aryl methyl sites for hydroxylation is 1. The minimum atomic E-state index is -0.440. The van der Waals surface area contributed by atoms with Gasteiger partial charge in [0.15, 0.2) is 0 Å². The van der Waals surface area contributed by atoms with Crippen molar-refractivity contribution in [3.8, 4) is 0 Å². The predicted octanol–water partition coefficient (Wildman–Crippen LogP) is 2.95. The summed E-state index contributed by atoms with van der Waals surface area (Å²) in [6.45, 7) is 9.28. The smallest absolute Gasteiger partial charge is 0.325 e. The molecule has 146 valence electrons. The van der Waals surface area contributed by atoms with Crippen LogP contribution in [0.15, 0.2) is 30.3 Å². The number of benzene rings is 1. The number of carbonyl (C=O) groups is 2. The average molecular weight is 371 g/mol. The zero-order valence-corrected chi connectivity index (χ0v) is 16.6. The van der Waals surface area contributed by atoms with Crippen LogP contribution < -0.4 is 5.32 Å². The first-order chi connectivity index (χ1) is 12.9. The molecule has 6 nitrogen and oxygen atoms in total. The summed E-state index contributed by atoms with van der Waals surface area (Å²) in [4.78, 5) is 23.8. The summed E-state index contributed by atoms with van der Waals surface area (Å²) >= 11 is 0. The molecule has 1 aromatic heterocycles. The number of nitrogens with zero attached hydrogens (tertiary/aromatic N) is 2. The topological polar surface area (TPSA) is 73.2 Å². The molecule has 0 aliphatic rings. The van der Waals surface area contributed by atoms with Crippen LogP contribution in [0.25, 0.3) is 0 Å². The van der Waals surface area contributed by atoms with Gasteiger partial charge in [0, 0.05) is 18.7 Å². The second-order valence-electron chi connectivity index (χ2n) is 7.15. The minimum absolute atomic E-state index is 0.115. The molecule has 0 saturated heterocycles. The summed E-state index contributed by atoms with van der Waals surface area (Å²) in [5.41, 5.74) is 4.10. The molecule has 0 aliphatic carbocycles. The number of hydrogen-bond acceptors (Lipinski definition) is 4. The maximum absolute atomic E-state index is 12.1. The summed E-state index contributed by atoms with van der Waals surface area (Å²) < 4.78 is 7.16. The van der Waals surface area contributed by atoms with Gasteiger partial charge in [0.2, 0.25) is 5.91 Å². The van der Waals surface area contributed by atoms with E-state index >= 15 is 0 Å². The lowest BCUT2D eigenvalue weighted by Gasteiger charge is -2.08. The molecule has 1 amide bonds. The van der Waals surface area contributed by atoms with E-state index in [0.717, 1.165) is 29.1 Å². The van der Waals surface area contributed by atoms with Crippen LogP contribution in [0.2, 0.25) is 0 Å². The molecule has 1 aromatic carbocycles. The number of carbonyl (C=O) groups excluding carboxylic acids is 2. The minimum Gasteiger partial charge on any atom is -0.460 e. The molecule has 0 unspecified atom stereocenters. The normalized spacial score (nSPS) is 10.9. The molecule has 6 heteroatoms. The number of nitrogens with one attached hydrogen (secondary N) is 1. The first-order valence-electron chi connectivity index (χ1n) is 9.36. The van der Waals surface area contributed by atoms with E-state index in [0.29, 0.717) is 18.8 Å². The van der Waals surface area contributed by atoms with Gasteiger partial charge in [-0.1, -0.05) is 44.2 Å². The molecule has 2 aromatic rings. The number of hydrogen-bond donors (Lipinski definition) is 1. The van der Waals surface area contributed by atoms with E-state index in [4.69, 9.17) is 4.74 Å². The van der Waals surface area contributed by atoms with Crippen molar-refractivity contribution in [2.24, 2.45) is 5.92 Å². The molecule has 0 saturated carbocycles. The molecule has 0 aliphatic heterocycles. The van der Waals surface area contributed by atoms with Crippen molar-refractivity contribution in [1.82, 2.24) is 15.1 Å². The third-order valence-electron chi connectivity index (χ3n) is 4.34. The lowest BCUT2D eigenvalue weighted by molar-refractivity contribution is -0.145. The Hall–Kier alpha value is -2.63. The van der Waals surface area contributed by atoms with Crippen molar-refractivity contribution in [1.29, 1.82) is 0 Å². The third-order valence-corrected chi connectivity index (χ3v) is 4.34. The van der Waals surface area contributed by atoms with E-state index in [1.807, 2.05) is 48.9 Å². The van der Waals surface area contributed by atoms with E-state index in [1.54, 1.807) is 0 Å². The number of amides is 1. The lowest BCUT2D eigenvalue weighted by atomic mass is 10.1. The zero-order chi connectivity index (χ0) is 19.8. The van der Waals surface area contributed by atoms with E-state index in [2.05, 4.69) is 24.3 Å². The van der Waals surface area contributed by atoms with Gasteiger partial charge in [-0.2, -0.15) is 5.10 Å². The van der Waals surface area contributed by atoms with Gasteiger partial charge >= 0.3 is 5.97 Å². The molecule has 0 radical (unpaired) electrons. The van der Waals surface area contributed by atoms with E-state index in [9.17, 15) is 9.59 Å². The summed E-state index contributed by atoms with van der Waals surface area (Å²) in [5.74, 6) is -0.0903. The van der Waals surface area contributed by atoms with Crippen molar-refractivity contribution >= 4 is 11.9 Å². The fourth-order valence-corrected chi connectivity index (χ4v) is 2.91. The Kier molecular flexibility index (Phi) is 7.58. The molecule has 0 bridgehead atoms. The Morgan fingerprint density at radius 1 is 1.19 bits per heavy atom. The highest BCUT2D eigenvalue weighted by Gasteiger charge is 2.14. The van der Waals surface area contributed by atoms with Crippen LogP contribution in [0.1, 0.15) is 42.8 Å². The third kappa shape index (κ3) is 6.55. The average Bonchev–Trinajstić information content (AvgIpc) is 2.90. The molecule has 1 N–H and O–H groups in total. The van der Waals surface area contributed by atoms with Crippen LogP contribution in [-0.2, 0) is 33.9 Å². The van der Waals surface area contributed by atoms with Gasteiger partial charge in [0.05, 0.1) is 5.69 Å². The maximum Gasteiger partial charge on any atom is 0.325 e. The van der Waals surface area contributed by atoms with E-state index in [-0.39, 0.29) is 19.1 Å². The van der Waals surface area contributed by atoms with Crippen LogP contribution in [0, 0.1) is 19.8 Å². The second kappa shape index (κ2) is 9.90. The summed E-state index contributed by atoms with van der Waals surface area (Å²) in [6.07, 6.45) is 0.932. The SMILES string of the molecule is Cc1nn(CC(C)C)c(C)c1CCC(=O)NCC(=O)OCc1ccccc1. The van der Waals surface area contributed by atoms with Gasteiger partial charge in [0.25, 0.3) is 0 Å². The Balaban J connectivity index is 1.74. The van der Waals surface area contributed by atoms with Crippen molar-refractivity contribution in [3.63, 3.8) is 0 Å². The Labute approximate surface area is 160 Å². The number of ether oxygens (including phenoxy) is 1. The van der Waals surface area contributed by atoms with E-state index < -0.39 is 5.97 Å². The zero-order valence-electron chi connectivity index (χ0n) is 16.6. The molecular weight excluding hydrogens is 342 g/mol. The van der Waals surface area contributed by atoms with E-state index in [1.165, 1.54) is 0 Å². The van der Waals surface area contributed by atoms with Gasteiger partial charge in [-0.15, -0.1) is 0 Å². The van der Waals surface area contributed by atoms with Gasteiger partial charge in [-0.05, 0) is 37.3 Å². The number of esters is 1. The second-order valence-corrected chi connectivity index (χ2v) is 7.15. The first kappa shape index (κ1) is 20.7. The van der Waals surface area contributed by atoms with Crippen LogP contribution in [0.5, 0.6) is 0 Å². The largest absolute Gasteiger partial charge is 0.460 e. The highest BCUT2D eigenvalue weighted by Crippen LogP contribution is 2.16. The van der Waals surface area contributed by atoms with Gasteiger partial charge in [-0.25, -0.2) is 0 Å². The van der Waals surface area contributed by atoms with Crippen molar-refractivity contribution in [2.75, 3.05) is 6.54 Å². The first-order valence-corrected chi connectivity index (χ1v) is 9.36. The number of rotatable bonds is 9. The predicted molar refractivity (Wildman–Crippen MR) is 104 cm³/mol. The molecule has 2 rings (SSSR count). The fraction of sp³-hybridized carbons (Fsp3) is 0.476. The van der Waals surface area contributed by atoms with Crippen molar-refractivity contribution < 1.29 is 14.3 Å². The lowest BCUT2D eigenvalue weighted by Crippen LogP contribution is -2.30. The van der Waals surface area contributed by atoms with Crippen LogP contribution >= 0.6 is 0 Å². The quantitative estimate of drug-likeness (QED) is 0.688. The molecule has 0 atom stereocenters.